The van der Waals surface area contributed by atoms with E-state index >= 15 is 0 Å². The predicted molar refractivity (Wildman–Crippen MR) is 65.1 cm³/mol. The normalized spacial score (nSPS) is 44.9. The molecule has 4 fully saturated rings. The van der Waals surface area contributed by atoms with Crippen LogP contribution in [0.2, 0.25) is 0 Å². The van der Waals surface area contributed by atoms with E-state index < -0.39 is 0 Å². The molecule has 1 aromatic rings. The van der Waals surface area contributed by atoms with Gasteiger partial charge in [0.05, 0.1) is 0 Å². The summed E-state index contributed by atoms with van der Waals surface area (Å²) in [5.74, 6) is 3.14. The van der Waals surface area contributed by atoms with Gasteiger partial charge in [0, 0.05) is 0 Å². The van der Waals surface area contributed by atoms with Crippen LogP contribution in [0, 0.1) is 23.8 Å². The Hall–Kier alpha value is -0.780. The highest BCUT2D eigenvalue weighted by Crippen LogP contribution is 2.60. The zero-order chi connectivity index (χ0) is 10.6. The second-order valence-corrected chi connectivity index (χ2v) is 6.49. The molecule has 4 aliphatic rings. The first kappa shape index (κ1) is 9.27. The lowest BCUT2D eigenvalue weighted by atomic mass is 9.48. The minimum Gasteiger partial charge on any atom is -0.0614 e. The van der Waals surface area contributed by atoms with Gasteiger partial charge in [-0.05, 0) is 73.3 Å². The molecule has 0 unspecified atom stereocenters. The standard InChI is InChI=1S/C16H19/c1-2-4-15(5-3-1)16-9-12-6-13(10-16)8-14(7-12)11-16/h1-2,4-5,12-14H,6-11H2. The van der Waals surface area contributed by atoms with Gasteiger partial charge >= 0.3 is 0 Å². The molecule has 83 valence electrons. The SMILES string of the molecule is [c]1cccc(C23CC4CC(CC(C4)C2)C3)c1. The first-order chi connectivity index (χ1) is 7.84. The molecule has 0 nitrogen and oxygen atoms in total. The monoisotopic (exact) mass is 211 g/mol. The molecule has 0 spiro atoms. The summed E-state index contributed by atoms with van der Waals surface area (Å²) in [6, 6.07) is 12.1. The Morgan fingerprint density at radius 1 is 1.00 bits per heavy atom. The van der Waals surface area contributed by atoms with Crippen molar-refractivity contribution < 1.29 is 0 Å². The average Bonchev–Trinajstić information content (AvgIpc) is 2.28. The van der Waals surface area contributed by atoms with Crippen LogP contribution in [0.3, 0.4) is 0 Å². The highest BCUT2D eigenvalue weighted by molar-refractivity contribution is 5.28. The molecule has 0 atom stereocenters. The number of hydrogen-bond acceptors (Lipinski definition) is 0. The van der Waals surface area contributed by atoms with E-state index in [-0.39, 0.29) is 0 Å². The molecule has 0 saturated heterocycles. The highest BCUT2D eigenvalue weighted by atomic mass is 14.6. The van der Waals surface area contributed by atoms with Crippen molar-refractivity contribution in [3.8, 4) is 0 Å². The molecule has 5 rings (SSSR count). The minimum atomic E-state index is 0.562. The molecule has 1 aromatic carbocycles. The van der Waals surface area contributed by atoms with Gasteiger partial charge in [-0.3, -0.25) is 0 Å². The summed E-state index contributed by atoms with van der Waals surface area (Å²) < 4.78 is 0. The molecule has 0 amide bonds. The van der Waals surface area contributed by atoms with Crippen molar-refractivity contribution >= 4 is 0 Å². The Bertz CT molecular complexity index is 354. The Morgan fingerprint density at radius 2 is 1.62 bits per heavy atom. The van der Waals surface area contributed by atoms with Gasteiger partial charge in [-0.25, -0.2) is 0 Å². The van der Waals surface area contributed by atoms with Gasteiger partial charge in [0.25, 0.3) is 0 Å². The molecule has 0 heterocycles. The average molecular weight is 211 g/mol. The van der Waals surface area contributed by atoms with Crippen LogP contribution in [-0.4, -0.2) is 0 Å². The van der Waals surface area contributed by atoms with Gasteiger partial charge in [0.2, 0.25) is 0 Å². The third-order valence-corrected chi connectivity index (χ3v) is 5.36. The fourth-order valence-corrected chi connectivity index (χ4v) is 5.19. The number of rotatable bonds is 1. The van der Waals surface area contributed by atoms with Crippen LogP contribution in [0.4, 0.5) is 0 Å². The zero-order valence-electron chi connectivity index (χ0n) is 9.78. The molecular formula is C16H19. The summed E-state index contributed by atoms with van der Waals surface area (Å²) in [6.07, 6.45) is 9.02. The van der Waals surface area contributed by atoms with Crippen molar-refractivity contribution in [2.24, 2.45) is 17.8 Å². The van der Waals surface area contributed by atoms with E-state index in [1.807, 2.05) is 6.07 Å². The van der Waals surface area contributed by atoms with E-state index in [4.69, 9.17) is 0 Å². The second kappa shape index (κ2) is 3.12. The predicted octanol–water partition coefficient (Wildman–Crippen LogP) is 3.95. The zero-order valence-corrected chi connectivity index (χ0v) is 9.78. The van der Waals surface area contributed by atoms with E-state index in [2.05, 4.69) is 24.3 Å². The Balaban J connectivity index is 1.77. The summed E-state index contributed by atoms with van der Waals surface area (Å²) in [5.41, 5.74) is 2.15. The molecule has 0 aromatic heterocycles. The number of benzene rings is 1. The van der Waals surface area contributed by atoms with Gasteiger partial charge < -0.3 is 0 Å². The topological polar surface area (TPSA) is 0 Å². The maximum atomic E-state index is 3.29. The molecular weight excluding hydrogens is 192 g/mol. The van der Waals surface area contributed by atoms with Crippen molar-refractivity contribution in [3.05, 3.63) is 35.9 Å². The van der Waals surface area contributed by atoms with Gasteiger partial charge in [-0.1, -0.05) is 24.3 Å². The van der Waals surface area contributed by atoms with Crippen molar-refractivity contribution in [1.82, 2.24) is 0 Å². The molecule has 1 radical (unpaired) electrons. The van der Waals surface area contributed by atoms with Crippen LogP contribution in [0.1, 0.15) is 44.1 Å². The molecule has 4 bridgehead atoms. The smallest absolute Gasteiger partial charge is 0.00388 e. The molecule has 4 saturated carbocycles. The third-order valence-electron chi connectivity index (χ3n) is 5.36. The lowest BCUT2D eigenvalue weighted by Gasteiger charge is -2.57. The van der Waals surface area contributed by atoms with E-state index in [1.54, 1.807) is 5.56 Å². The minimum absolute atomic E-state index is 0.562. The molecule has 0 heteroatoms. The Morgan fingerprint density at radius 3 is 2.12 bits per heavy atom. The van der Waals surface area contributed by atoms with Crippen molar-refractivity contribution in [1.29, 1.82) is 0 Å². The first-order valence-electron chi connectivity index (χ1n) is 6.81. The van der Waals surface area contributed by atoms with Crippen LogP contribution in [0.5, 0.6) is 0 Å². The van der Waals surface area contributed by atoms with Gasteiger partial charge in [0.1, 0.15) is 0 Å². The summed E-state index contributed by atoms with van der Waals surface area (Å²) in [6.45, 7) is 0. The van der Waals surface area contributed by atoms with Crippen molar-refractivity contribution in [3.63, 3.8) is 0 Å². The van der Waals surface area contributed by atoms with Crippen LogP contribution in [0.15, 0.2) is 24.3 Å². The van der Waals surface area contributed by atoms with Gasteiger partial charge in [-0.2, -0.15) is 0 Å². The number of hydrogen-bond donors (Lipinski definition) is 0. The summed E-state index contributed by atoms with van der Waals surface area (Å²) in [5, 5.41) is 0. The summed E-state index contributed by atoms with van der Waals surface area (Å²) in [4.78, 5) is 0. The summed E-state index contributed by atoms with van der Waals surface area (Å²) >= 11 is 0. The van der Waals surface area contributed by atoms with Gasteiger partial charge in [-0.15, -0.1) is 0 Å². The van der Waals surface area contributed by atoms with Crippen LogP contribution >= 0.6 is 0 Å². The van der Waals surface area contributed by atoms with Gasteiger partial charge in [0.15, 0.2) is 0 Å². The van der Waals surface area contributed by atoms with E-state index in [0.29, 0.717) is 5.41 Å². The van der Waals surface area contributed by atoms with E-state index in [9.17, 15) is 0 Å². The molecule has 4 aliphatic carbocycles. The lowest BCUT2D eigenvalue weighted by molar-refractivity contribution is -0.00519. The fraction of sp³-hybridized carbons (Fsp3) is 0.625. The summed E-state index contributed by atoms with van der Waals surface area (Å²) in [7, 11) is 0. The first-order valence-corrected chi connectivity index (χ1v) is 6.81. The largest absolute Gasteiger partial charge is 0.0614 e. The lowest BCUT2D eigenvalue weighted by Crippen LogP contribution is -2.48. The Kier molecular flexibility index (Phi) is 1.81. The fourth-order valence-electron chi connectivity index (χ4n) is 5.19. The Labute approximate surface area is 98.1 Å². The highest BCUT2D eigenvalue weighted by Gasteiger charge is 2.51. The van der Waals surface area contributed by atoms with Crippen molar-refractivity contribution in [2.45, 2.75) is 43.9 Å². The third kappa shape index (κ3) is 1.22. The van der Waals surface area contributed by atoms with Crippen LogP contribution < -0.4 is 0 Å². The second-order valence-electron chi connectivity index (χ2n) is 6.49. The maximum Gasteiger partial charge on any atom is -0.00388 e. The van der Waals surface area contributed by atoms with Crippen LogP contribution in [-0.2, 0) is 5.41 Å². The van der Waals surface area contributed by atoms with Crippen LogP contribution in [0.25, 0.3) is 0 Å². The van der Waals surface area contributed by atoms with Crippen molar-refractivity contribution in [2.75, 3.05) is 0 Å². The molecule has 0 N–H and O–H groups in total. The quantitative estimate of drug-likeness (QED) is 0.659. The van der Waals surface area contributed by atoms with E-state index in [1.165, 1.54) is 38.5 Å². The van der Waals surface area contributed by atoms with E-state index in [0.717, 1.165) is 17.8 Å². The molecule has 0 aliphatic heterocycles. The molecule has 16 heavy (non-hydrogen) atoms. The maximum absolute atomic E-state index is 3.29.